The number of nitriles is 1. The fourth-order valence-electron chi connectivity index (χ4n) is 4.18. The molecule has 0 unspecified atom stereocenters. The Hall–Kier alpha value is -2.84. The number of hydrogen-bond acceptors (Lipinski definition) is 4. The summed E-state index contributed by atoms with van der Waals surface area (Å²) in [6.45, 7) is 7.65. The predicted molar refractivity (Wildman–Crippen MR) is 133 cm³/mol. The molecule has 5 nitrogen and oxygen atoms in total. The van der Waals surface area contributed by atoms with E-state index < -0.39 is 11.5 Å². The van der Waals surface area contributed by atoms with Crippen molar-refractivity contribution in [1.82, 2.24) is 5.32 Å². The summed E-state index contributed by atoms with van der Waals surface area (Å²) in [6.07, 6.45) is 2.44. The number of halogens is 1. The molecule has 0 saturated heterocycles. The molecule has 3 atom stereocenters. The normalized spacial score (nSPS) is 16.5. The van der Waals surface area contributed by atoms with Crippen LogP contribution in [0.1, 0.15) is 69.6 Å². The Kier molecular flexibility index (Phi) is 8.38. The molecule has 1 N–H and O–H groups in total. The zero-order chi connectivity index (χ0) is 24.9. The number of nitrogens with one attached hydrogen (secondary N) is 1. The predicted octanol–water partition coefficient (Wildman–Crippen LogP) is 5.80. The van der Waals surface area contributed by atoms with Crippen LogP contribution in [0.5, 0.6) is 0 Å². The molecular formula is C28H33ClN2O3. The SMILES string of the molecule is C[C@H](NC(=O)[C@H](OC(=O)C1CCC1)C(C)(C)C)[C@@H](Cc1ccc(Cl)cc1)c1cccc(C#N)c1. The molecule has 2 aromatic carbocycles. The van der Waals surface area contributed by atoms with Crippen LogP contribution in [0.3, 0.4) is 0 Å². The molecule has 0 aliphatic heterocycles. The molecule has 0 spiro atoms. The third-order valence-corrected chi connectivity index (χ3v) is 6.74. The van der Waals surface area contributed by atoms with Crippen molar-refractivity contribution in [1.29, 1.82) is 5.26 Å². The Morgan fingerprint density at radius 2 is 1.85 bits per heavy atom. The second-order valence-electron chi connectivity index (χ2n) is 10.3. The molecule has 6 heteroatoms. The van der Waals surface area contributed by atoms with Gasteiger partial charge in [0.25, 0.3) is 5.91 Å². The highest BCUT2D eigenvalue weighted by molar-refractivity contribution is 6.30. The van der Waals surface area contributed by atoms with Crippen molar-refractivity contribution in [2.24, 2.45) is 11.3 Å². The molecule has 1 aliphatic rings. The van der Waals surface area contributed by atoms with E-state index in [1.54, 1.807) is 6.07 Å². The van der Waals surface area contributed by atoms with Gasteiger partial charge in [-0.15, -0.1) is 0 Å². The summed E-state index contributed by atoms with van der Waals surface area (Å²) < 4.78 is 5.73. The highest BCUT2D eigenvalue weighted by Crippen LogP contribution is 2.31. The van der Waals surface area contributed by atoms with E-state index in [-0.39, 0.29) is 29.8 Å². The molecule has 0 radical (unpaired) electrons. The maximum atomic E-state index is 13.4. The Morgan fingerprint density at radius 3 is 2.41 bits per heavy atom. The molecule has 3 rings (SSSR count). The van der Waals surface area contributed by atoms with Crippen LogP contribution in [-0.4, -0.2) is 24.0 Å². The summed E-state index contributed by atoms with van der Waals surface area (Å²) >= 11 is 6.06. The number of hydrogen-bond donors (Lipinski definition) is 1. The van der Waals surface area contributed by atoms with E-state index in [0.29, 0.717) is 17.0 Å². The molecule has 2 aromatic rings. The first-order valence-electron chi connectivity index (χ1n) is 11.8. The highest BCUT2D eigenvalue weighted by Gasteiger charge is 2.39. The van der Waals surface area contributed by atoms with Gasteiger partial charge in [-0.25, -0.2) is 0 Å². The lowest BCUT2D eigenvalue weighted by Crippen LogP contribution is -2.50. The minimum atomic E-state index is -0.885. The van der Waals surface area contributed by atoms with Gasteiger partial charge in [-0.1, -0.05) is 63.1 Å². The zero-order valence-corrected chi connectivity index (χ0v) is 21.1. The van der Waals surface area contributed by atoms with Crippen LogP contribution in [0.4, 0.5) is 0 Å². The van der Waals surface area contributed by atoms with Crippen LogP contribution < -0.4 is 5.32 Å². The average molecular weight is 481 g/mol. The molecule has 1 fully saturated rings. The first kappa shape index (κ1) is 25.8. The first-order chi connectivity index (χ1) is 16.1. The van der Waals surface area contributed by atoms with E-state index in [1.165, 1.54) is 0 Å². The van der Waals surface area contributed by atoms with Gasteiger partial charge in [0.1, 0.15) is 0 Å². The van der Waals surface area contributed by atoms with Crippen molar-refractivity contribution in [2.75, 3.05) is 0 Å². The quantitative estimate of drug-likeness (QED) is 0.484. The van der Waals surface area contributed by atoms with Crippen LogP contribution in [-0.2, 0) is 20.7 Å². The third kappa shape index (κ3) is 6.61. The molecular weight excluding hydrogens is 448 g/mol. The van der Waals surface area contributed by atoms with E-state index in [4.69, 9.17) is 16.3 Å². The van der Waals surface area contributed by atoms with E-state index >= 15 is 0 Å². The molecule has 1 amide bonds. The second-order valence-corrected chi connectivity index (χ2v) is 10.7. The summed E-state index contributed by atoms with van der Waals surface area (Å²) in [5, 5.41) is 13.2. The van der Waals surface area contributed by atoms with Crippen molar-refractivity contribution < 1.29 is 14.3 Å². The lowest BCUT2D eigenvalue weighted by atomic mass is 9.84. The van der Waals surface area contributed by atoms with Gasteiger partial charge in [-0.2, -0.15) is 5.26 Å². The molecule has 0 aromatic heterocycles. The summed E-state index contributed by atoms with van der Waals surface area (Å²) in [5.74, 6) is -0.776. The molecule has 0 heterocycles. The third-order valence-electron chi connectivity index (χ3n) is 6.48. The Labute approximate surface area is 207 Å². The van der Waals surface area contributed by atoms with Gasteiger partial charge in [0, 0.05) is 22.4 Å². The van der Waals surface area contributed by atoms with E-state index in [1.807, 2.05) is 70.2 Å². The summed E-state index contributed by atoms with van der Waals surface area (Å²) in [5.41, 5.74) is 2.05. The number of carbonyl (C=O) groups excluding carboxylic acids is 2. The van der Waals surface area contributed by atoms with Crippen molar-refractivity contribution in [3.8, 4) is 6.07 Å². The number of rotatable bonds is 8. The number of nitrogens with zero attached hydrogens (tertiary/aromatic N) is 1. The van der Waals surface area contributed by atoms with Crippen molar-refractivity contribution in [3.05, 3.63) is 70.2 Å². The minimum absolute atomic E-state index is 0.0959. The van der Waals surface area contributed by atoms with Gasteiger partial charge >= 0.3 is 5.97 Å². The summed E-state index contributed by atoms with van der Waals surface area (Å²) in [4.78, 5) is 25.9. The molecule has 1 aliphatic carbocycles. The Morgan fingerprint density at radius 1 is 1.18 bits per heavy atom. The molecule has 180 valence electrons. The fraction of sp³-hybridized carbons (Fsp3) is 0.464. The molecule has 0 bridgehead atoms. The van der Waals surface area contributed by atoms with E-state index in [0.717, 1.165) is 30.4 Å². The van der Waals surface area contributed by atoms with Gasteiger partial charge in [0.15, 0.2) is 6.10 Å². The number of amides is 1. The lowest BCUT2D eigenvalue weighted by molar-refractivity contribution is -0.169. The monoisotopic (exact) mass is 480 g/mol. The van der Waals surface area contributed by atoms with Crippen LogP contribution in [0.25, 0.3) is 0 Å². The maximum absolute atomic E-state index is 13.4. The standard InChI is InChI=1S/C28H33ClN2O3/c1-18(31-26(32)25(28(2,3)4)34-27(33)21-8-6-9-21)24(16-19-11-13-23(29)14-12-19)22-10-5-7-20(15-22)17-30/h5,7,10-15,18,21,24-25H,6,8-9,16H2,1-4H3,(H,31,32)/t18-,24+,25-/m0/s1. The fourth-order valence-corrected chi connectivity index (χ4v) is 4.30. The minimum Gasteiger partial charge on any atom is -0.451 e. The van der Waals surface area contributed by atoms with Crippen LogP contribution >= 0.6 is 11.6 Å². The van der Waals surface area contributed by atoms with E-state index in [2.05, 4.69) is 11.4 Å². The smallest absolute Gasteiger partial charge is 0.309 e. The van der Waals surface area contributed by atoms with Gasteiger partial charge in [-0.05, 0) is 61.6 Å². The average Bonchev–Trinajstić information content (AvgIpc) is 2.75. The van der Waals surface area contributed by atoms with Crippen LogP contribution in [0.15, 0.2) is 48.5 Å². The number of carbonyl (C=O) groups is 2. The zero-order valence-electron chi connectivity index (χ0n) is 20.3. The number of esters is 1. The van der Waals surface area contributed by atoms with Crippen molar-refractivity contribution >= 4 is 23.5 Å². The molecule has 1 saturated carbocycles. The topological polar surface area (TPSA) is 79.2 Å². The van der Waals surface area contributed by atoms with Crippen LogP contribution in [0.2, 0.25) is 5.02 Å². The Balaban J connectivity index is 1.82. The summed E-state index contributed by atoms with van der Waals surface area (Å²) in [7, 11) is 0. The van der Waals surface area contributed by atoms with Gasteiger partial charge < -0.3 is 10.1 Å². The summed E-state index contributed by atoms with van der Waals surface area (Å²) in [6, 6.07) is 17.0. The van der Waals surface area contributed by atoms with Gasteiger partial charge in [-0.3, -0.25) is 9.59 Å². The second kappa shape index (κ2) is 11.1. The van der Waals surface area contributed by atoms with Gasteiger partial charge in [0.2, 0.25) is 0 Å². The van der Waals surface area contributed by atoms with Crippen molar-refractivity contribution in [2.45, 2.75) is 71.4 Å². The van der Waals surface area contributed by atoms with Crippen LogP contribution in [0, 0.1) is 22.7 Å². The lowest BCUT2D eigenvalue weighted by Gasteiger charge is -2.34. The molecule has 34 heavy (non-hydrogen) atoms. The first-order valence-corrected chi connectivity index (χ1v) is 12.2. The highest BCUT2D eigenvalue weighted by atomic mass is 35.5. The van der Waals surface area contributed by atoms with E-state index in [9.17, 15) is 14.9 Å². The van der Waals surface area contributed by atoms with Gasteiger partial charge in [0.05, 0.1) is 17.6 Å². The largest absolute Gasteiger partial charge is 0.451 e. The maximum Gasteiger partial charge on any atom is 0.309 e. The Bertz CT molecular complexity index is 1050. The van der Waals surface area contributed by atoms with Crippen molar-refractivity contribution in [3.63, 3.8) is 0 Å². The number of benzene rings is 2. The number of ether oxygens (including phenoxy) is 1.